The molecule has 1 amide bonds. The number of aromatic hydroxyl groups is 2. The normalized spacial score (nSPS) is 11.0. The Morgan fingerprint density at radius 2 is 1.64 bits per heavy atom. The molecule has 21 heteroatoms. The number of carbonyl (C=O) groups excluding carboxylic acids is 1. The number of nitro benzene ring substituents is 1. The van der Waals surface area contributed by atoms with Gasteiger partial charge in [0.2, 0.25) is 15.9 Å². The second-order valence-electron chi connectivity index (χ2n) is 11.1. The number of primary sulfonamides is 1. The minimum atomic E-state index is -3.99. The maximum Gasteiger partial charge on any atom is 1.00 e. The van der Waals surface area contributed by atoms with E-state index in [0.29, 0.717) is 22.5 Å². The van der Waals surface area contributed by atoms with Crippen molar-refractivity contribution in [3.05, 3.63) is 123 Å². The molecular formula is C34H29CrN9NaO9S+. The number of phenols is 2. The number of aromatic nitrogens is 2. The number of fused-ring (bicyclic) bond motifs is 1. The molecule has 0 saturated carbocycles. The minimum absolute atomic E-state index is 0. The summed E-state index contributed by atoms with van der Waals surface area (Å²) in [5.41, 5.74) is 0.705. The third-order valence-electron chi connectivity index (χ3n) is 7.36. The van der Waals surface area contributed by atoms with Crippen molar-refractivity contribution in [3.63, 3.8) is 0 Å². The second-order valence-corrected chi connectivity index (χ2v) is 12.7. The number of phenolic OH excluding ortho intramolecular Hbond substituents is 2. The van der Waals surface area contributed by atoms with E-state index in [1.165, 1.54) is 17.7 Å². The molecule has 0 aliphatic rings. The number of nitrogens with zero attached hydrogens (tertiary/aromatic N) is 5. The second kappa shape index (κ2) is 18.5. The Balaban J connectivity index is 0.000000285. The van der Waals surface area contributed by atoms with Gasteiger partial charge < -0.3 is 20.6 Å². The zero-order valence-corrected chi connectivity index (χ0v) is 33.2. The number of aromatic amines is 1. The SMILES string of the molecule is CC(=O)Nc1cccc2ccc(O)c([NH+]=Nc3cc([N+](=O)[O-])ccc3O)c12.Cc1[nH]n(-c2ccccc2)c(=O)c1N=Nc1cc(S(N)(=O)=O)ccc1[O-].[Cr].[Na+]. The largest absolute Gasteiger partial charge is 1.00 e. The van der Waals surface area contributed by atoms with Gasteiger partial charge in [-0.1, -0.05) is 53.3 Å². The monoisotopic (exact) mass is 814 g/mol. The van der Waals surface area contributed by atoms with E-state index >= 15 is 0 Å². The number of aryl methyl sites for hydroxylation is 1. The van der Waals surface area contributed by atoms with Gasteiger partial charge in [0.25, 0.3) is 16.9 Å². The molecule has 0 radical (unpaired) electrons. The molecule has 7 N–H and O–H groups in total. The number of hydrogen-bond acceptors (Lipinski definition) is 12. The van der Waals surface area contributed by atoms with Gasteiger partial charge in [0.1, 0.15) is 5.75 Å². The maximum absolute atomic E-state index is 12.5. The van der Waals surface area contributed by atoms with Gasteiger partial charge in [-0.3, -0.25) is 24.8 Å². The first-order valence-corrected chi connectivity index (χ1v) is 16.8. The smallest absolute Gasteiger partial charge is 0.871 e. The Morgan fingerprint density at radius 1 is 0.945 bits per heavy atom. The van der Waals surface area contributed by atoms with E-state index in [1.54, 1.807) is 55.5 Å². The quantitative estimate of drug-likeness (QED) is 0.0423. The third kappa shape index (κ3) is 10.5. The summed E-state index contributed by atoms with van der Waals surface area (Å²) >= 11 is 0. The van der Waals surface area contributed by atoms with Crippen LogP contribution < -0.4 is 55.8 Å². The topological polar surface area (TPSA) is 285 Å². The Labute approximate surface area is 344 Å². The zero-order chi connectivity index (χ0) is 38.4. The number of rotatable bonds is 8. The number of H-pyrrole nitrogens is 1. The first-order valence-electron chi connectivity index (χ1n) is 15.2. The first-order chi connectivity index (χ1) is 25.1. The molecule has 0 fully saturated rings. The van der Waals surface area contributed by atoms with Crippen molar-refractivity contribution in [2.24, 2.45) is 20.5 Å². The van der Waals surface area contributed by atoms with Crippen LogP contribution in [0.25, 0.3) is 16.5 Å². The zero-order valence-electron chi connectivity index (χ0n) is 29.1. The summed E-state index contributed by atoms with van der Waals surface area (Å²) in [7, 11) is -3.99. The molecule has 0 unspecified atom stereocenters. The summed E-state index contributed by atoms with van der Waals surface area (Å²) in [5.74, 6) is -1.24. The summed E-state index contributed by atoms with van der Waals surface area (Å²) in [5, 5.41) is 68.8. The van der Waals surface area contributed by atoms with Crippen LogP contribution in [0.3, 0.4) is 0 Å². The van der Waals surface area contributed by atoms with E-state index in [4.69, 9.17) is 5.14 Å². The van der Waals surface area contributed by atoms with Crippen LogP contribution in [0.1, 0.15) is 12.6 Å². The number of benzene rings is 5. The summed E-state index contributed by atoms with van der Waals surface area (Å²) < 4.78 is 24.1. The van der Waals surface area contributed by atoms with Crippen LogP contribution >= 0.6 is 0 Å². The molecule has 6 aromatic rings. The van der Waals surface area contributed by atoms with Gasteiger partial charge in [0.05, 0.1) is 44.0 Å². The number of nitrogens with one attached hydrogen (secondary N) is 3. The van der Waals surface area contributed by atoms with Crippen LogP contribution in [0.4, 0.5) is 34.1 Å². The molecule has 0 spiro atoms. The molecule has 55 heavy (non-hydrogen) atoms. The molecule has 0 atom stereocenters. The van der Waals surface area contributed by atoms with Gasteiger partial charge in [-0.15, -0.1) is 5.11 Å². The molecule has 1 aromatic heterocycles. The van der Waals surface area contributed by atoms with Crippen molar-refractivity contribution in [3.8, 4) is 22.9 Å². The standard InChI is InChI=1S/C18H14N4O5.C16H15N5O4S.Cr.Na/c1-10(23)19-13-4-2-3-11-5-7-16(25)18(17(11)13)21-20-14-9-12(22(26)27)6-8-15(14)24;1-10-15(16(23)21(20-10)11-5-3-2-4-6-11)19-18-13-9-12(26(17,24)25)7-8-14(13)22;;/h2-9,24-25H,1H3,(H,19,23);2-9,20,22H,1H3,(H2,17,24,25);;/q;;;+1. The molecule has 5 aromatic carbocycles. The van der Waals surface area contributed by atoms with Gasteiger partial charge in [-0.2, -0.15) is 5.11 Å². The van der Waals surface area contributed by atoms with Crippen molar-refractivity contribution in [1.29, 1.82) is 0 Å². The molecule has 6 rings (SSSR count). The molecule has 0 aliphatic heterocycles. The predicted molar refractivity (Wildman–Crippen MR) is 190 cm³/mol. The molecule has 1 heterocycles. The van der Waals surface area contributed by atoms with Crippen LogP contribution in [0, 0.1) is 17.0 Å². The predicted octanol–water partition coefficient (Wildman–Crippen LogP) is 1.23. The van der Waals surface area contributed by atoms with Crippen LogP contribution in [0.2, 0.25) is 0 Å². The number of nitro groups is 1. The molecule has 0 aliphatic carbocycles. The molecule has 18 nitrogen and oxygen atoms in total. The average molecular weight is 815 g/mol. The number of nitrogens with two attached hydrogens (primary N) is 1. The average Bonchev–Trinajstić information content (AvgIpc) is 3.40. The number of para-hydroxylation sites is 1. The van der Waals surface area contributed by atoms with E-state index in [-0.39, 0.29) is 97.7 Å². The van der Waals surface area contributed by atoms with Crippen molar-refractivity contribution < 1.29 is 85.5 Å². The van der Waals surface area contributed by atoms with Crippen molar-refractivity contribution in [2.75, 3.05) is 5.32 Å². The van der Waals surface area contributed by atoms with Crippen molar-refractivity contribution in [2.45, 2.75) is 18.7 Å². The van der Waals surface area contributed by atoms with Gasteiger partial charge in [0.15, 0.2) is 17.1 Å². The van der Waals surface area contributed by atoms with Crippen LogP contribution in [0.5, 0.6) is 17.2 Å². The van der Waals surface area contributed by atoms with Gasteiger partial charge in [-0.25, -0.2) is 18.2 Å². The van der Waals surface area contributed by atoms with E-state index in [1.807, 2.05) is 6.07 Å². The van der Waals surface area contributed by atoms with Crippen molar-refractivity contribution >= 4 is 60.8 Å². The number of hydrogen-bond donors (Lipinski definition) is 6. The Hall–Kier alpha value is -5.72. The Morgan fingerprint density at radius 3 is 2.29 bits per heavy atom. The first kappa shape index (κ1) is 43.7. The van der Waals surface area contributed by atoms with E-state index in [0.717, 1.165) is 41.8 Å². The number of carbonyl (C=O) groups is 1. The summed E-state index contributed by atoms with van der Waals surface area (Å²) in [4.78, 5) is 34.0. The molecular weight excluding hydrogens is 785 g/mol. The molecule has 276 valence electrons. The van der Waals surface area contributed by atoms with Gasteiger partial charge in [0, 0.05) is 35.5 Å². The van der Waals surface area contributed by atoms with Crippen molar-refractivity contribution in [1.82, 2.24) is 9.78 Å². The van der Waals surface area contributed by atoms with E-state index < -0.39 is 26.3 Å². The number of anilines is 1. The number of sulfonamides is 1. The Bertz CT molecular complexity index is 2620. The summed E-state index contributed by atoms with van der Waals surface area (Å²) in [6.45, 7) is 2.99. The van der Waals surface area contributed by atoms with Gasteiger partial charge in [-0.05, 0) is 54.8 Å². The fourth-order valence-corrected chi connectivity index (χ4v) is 5.41. The summed E-state index contributed by atoms with van der Waals surface area (Å²) in [6, 6.07) is 23.7. The maximum atomic E-state index is 12.5. The van der Waals surface area contributed by atoms with Gasteiger partial charge >= 0.3 is 29.6 Å². The van der Waals surface area contributed by atoms with E-state index in [2.05, 4.69) is 30.9 Å². The Kier molecular flexibility index (Phi) is 14.7. The third-order valence-corrected chi connectivity index (χ3v) is 8.27. The summed E-state index contributed by atoms with van der Waals surface area (Å²) in [6.07, 6.45) is 0. The van der Waals surface area contributed by atoms with E-state index in [9.17, 15) is 43.4 Å². The van der Waals surface area contributed by atoms with Crippen LogP contribution in [-0.2, 0) is 32.2 Å². The number of non-ortho nitro benzene ring substituents is 1. The molecule has 0 bridgehead atoms. The van der Waals surface area contributed by atoms with Crippen LogP contribution in [0.15, 0.2) is 122 Å². The fraction of sp³-hybridized carbons (Fsp3) is 0.0588. The number of azo groups is 2. The molecule has 0 saturated heterocycles. The van der Waals surface area contributed by atoms with Crippen LogP contribution in [-0.4, -0.2) is 39.2 Å². The minimum Gasteiger partial charge on any atom is -0.871 e. The number of amides is 1. The fourth-order valence-electron chi connectivity index (χ4n) is 4.88.